The highest BCUT2D eigenvalue weighted by molar-refractivity contribution is 5.91. The minimum Gasteiger partial charge on any atom is -0.466 e. The molecule has 24 heavy (non-hydrogen) atoms. The first kappa shape index (κ1) is 20.0. The van der Waals surface area contributed by atoms with E-state index in [0.29, 0.717) is 32.7 Å². The molecule has 1 aliphatic heterocycles. The summed E-state index contributed by atoms with van der Waals surface area (Å²) in [5.41, 5.74) is -0.500. The fourth-order valence-electron chi connectivity index (χ4n) is 2.01. The number of carbonyl (C=O) groups is 3. The monoisotopic (exact) mass is 342 g/mol. The van der Waals surface area contributed by atoms with Crippen LogP contribution in [0.15, 0.2) is 12.2 Å². The molecule has 0 unspecified atom stereocenters. The lowest BCUT2D eigenvalue weighted by atomic mass is 10.2. The summed E-state index contributed by atoms with van der Waals surface area (Å²) in [5, 5.41) is 0. The highest BCUT2D eigenvalue weighted by Gasteiger charge is 2.25. The van der Waals surface area contributed by atoms with Gasteiger partial charge in [0.2, 0.25) is 0 Å². The maximum Gasteiger partial charge on any atom is 0.410 e. The van der Waals surface area contributed by atoms with Gasteiger partial charge in [0.25, 0.3) is 0 Å². The molecule has 1 aliphatic rings. The Balaban J connectivity index is 2.22. The van der Waals surface area contributed by atoms with Crippen LogP contribution in [-0.4, -0.2) is 79.9 Å². The molecule has 0 spiro atoms. The van der Waals surface area contributed by atoms with Crippen molar-refractivity contribution in [1.29, 1.82) is 0 Å². The molecule has 0 bridgehead atoms. The molecule has 0 radical (unpaired) electrons. The van der Waals surface area contributed by atoms with Crippen molar-refractivity contribution in [3.05, 3.63) is 12.2 Å². The Kier molecular flexibility index (Phi) is 7.70. The Hall–Kier alpha value is -2.09. The molecule has 8 nitrogen and oxygen atoms in total. The summed E-state index contributed by atoms with van der Waals surface area (Å²) < 4.78 is 14.7. The Labute approximate surface area is 142 Å². The molecule has 8 heteroatoms. The topological polar surface area (TPSA) is 85.4 Å². The van der Waals surface area contributed by atoms with Gasteiger partial charge in [-0.25, -0.2) is 14.4 Å². The first-order chi connectivity index (χ1) is 11.2. The number of nitrogens with zero attached hydrogens (tertiary/aromatic N) is 2. The Bertz CT molecular complexity index is 475. The van der Waals surface area contributed by atoms with E-state index in [0.717, 1.165) is 12.2 Å². The lowest BCUT2D eigenvalue weighted by molar-refractivity contribution is -0.139. The molecule has 0 N–H and O–H groups in total. The lowest BCUT2D eigenvalue weighted by Gasteiger charge is -2.35. The first-order valence-corrected chi connectivity index (χ1v) is 7.84. The fraction of sp³-hybridized carbons (Fsp3) is 0.688. The van der Waals surface area contributed by atoms with E-state index in [2.05, 4.69) is 9.64 Å². The van der Waals surface area contributed by atoms with Crippen molar-refractivity contribution in [2.45, 2.75) is 26.4 Å². The summed E-state index contributed by atoms with van der Waals surface area (Å²) in [4.78, 5) is 37.9. The average Bonchev–Trinajstić information content (AvgIpc) is 2.51. The second kappa shape index (κ2) is 9.27. The molecule has 1 saturated heterocycles. The third kappa shape index (κ3) is 7.96. The fourth-order valence-corrected chi connectivity index (χ4v) is 2.01. The molecule has 0 saturated carbocycles. The molecule has 0 aromatic carbocycles. The summed E-state index contributed by atoms with van der Waals surface area (Å²) in [5.74, 6) is -1.20. The van der Waals surface area contributed by atoms with Gasteiger partial charge < -0.3 is 19.1 Å². The van der Waals surface area contributed by atoms with E-state index in [1.54, 1.807) is 4.90 Å². The summed E-state index contributed by atoms with van der Waals surface area (Å²) in [7, 11) is 1.23. The van der Waals surface area contributed by atoms with Crippen molar-refractivity contribution in [3.63, 3.8) is 0 Å². The van der Waals surface area contributed by atoms with Crippen LogP contribution in [-0.2, 0) is 23.8 Å². The van der Waals surface area contributed by atoms with E-state index in [1.807, 2.05) is 20.8 Å². The first-order valence-electron chi connectivity index (χ1n) is 7.84. The van der Waals surface area contributed by atoms with Gasteiger partial charge >= 0.3 is 18.0 Å². The van der Waals surface area contributed by atoms with Crippen LogP contribution in [0.4, 0.5) is 4.79 Å². The van der Waals surface area contributed by atoms with Gasteiger partial charge in [-0.1, -0.05) is 0 Å². The van der Waals surface area contributed by atoms with Gasteiger partial charge in [-0.05, 0) is 20.8 Å². The minimum atomic E-state index is -0.606. The Morgan fingerprint density at radius 3 is 2.12 bits per heavy atom. The highest BCUT2D eigenvalue weighted by atomic mass is 16.6. The predicted molar refractivity (Wildman–Crippen MR) is 86.4 cm³/mol. The molecule has 1 rings (SSSR count). The second-order valence-corrected chi connectivity index (χ2v) is 6.33. The van der Waals surface area contributed by atoms with Crippen LogP contribution < -0.4 is 0 Å². The molecular weight excluding hydrogens is 316 g/mol. The maximum absolute atomic E-state index is 11.9. The molecule has 1 amide bonds. The lowest BCUT2D eigenvalue weighted by Crippen LogP contribution is -2.50. The van der Waals surface area contributed by atoms with E-state index in [4.69, 9.17) is 9.47 Å². The zero-order valence-electron chi connectivity index (χ0n) is 14.7. The number of hydrogen-bond acceptors (Lipinski definition) is 7. The van der Waals surface area contributed by atoms with Gasteiger partial charge in [0.15, 0.2) is 0 Å². The van der Waals surface area contributed by atoms with Crippen LogP contribution in [0.2, 0.25) is 0 Å². The van der Waals surface area contributed by atoms with Crippen molar-refractivity contribution < 1.29 is 28.6 Å². The van der Waals surface area contributed by atoms with Gasteiger partial charge in [0.05, 0.1) is 7.11 Å². The third-order valence-electron chi connectivity index (χ3n) is 3.23. The zero-order valence-corrected chi connectivity index (χ0v) is 14.7. The van der Waals surface area contributed by atoms with Crippen molar-refractivity contribution in [2.75, 3.05) is 46.4 Å². The number of ether oxygens (including phenoxy) is 3. The van der Waals surface area contributed by atoms with Crippen molar-refractivity contribution >= 4 is 18.0 Å². The van der Waals surface area contributed by atoms with Crippen LogP contribution in [0.3, 0.4) is 0 Å². The summed E-state index contributed by atoms with van der Waals surface area (Å²) >= 11 is 0. The molecular formula is C16H26N2O6. The maximum atomic E-state index is 11.9. The molecule has 0 atom stereocenters. The molecule has 1 heterocycles. The molecule has 1 fully saturated rings. The number of hydrogen-bond donors (Lipinski definition) is 0. The number of methoxy groups -OCH3 is 1. The van der Waals surface area contributed by atoms with Gasteiger partial charge in [0, 0.05) is 44.9 Å². The predicted octanol–water partition coefficient (Wildman–Crippen LogP) is 0.811. The number of rotatable bonds is 5. The molecule has 0 aliphatic carbocycles. The smallest absolute Gasteiger partial charge is 0.410 e. The average molecular weight is 342 g/mol. The van der Waals surface area contributed by atoms with Crippen LogP contribution in [0.5, 0.6) is 0 Å². The number of amides is 1. The van der Waals surface area contributed by atoms with Crippen molar-refractivity contribution in [2.24, 2.45) is 0 Å². The van der Waals surface area contributed by atoms with Crippen molar-refractivity contribution in [1.82, 2.24) is 9.80 Å². The van der Waals surface area contributed by atoms with Gasteiger partial charge in [-0.2, -0.15) is 0 Å². The second-order valence-electron chi connectivity index (χ2n) is 6.33. The number of esters is 2. The quantitative estimate of drug-likeness (QED) is 0.415. The van der Waals surface area contributed by atoms with E-state index >= 15 is 0 Å². The zero-order chi connectivity index (χ0) is 18.2. The van der Waals surface area contributed by atoms with Gasteiger partial charge in [0.1, 0.15) is 12.2 Å². The van der Waals surface area contributed by atoms with Crippen LogP contribution >= 0.6 is 0 Å². The largest absolute Gasteiger partial charge is 0.466 e. The number of carbonyl (C=O) groups excluding carboxylic acids is 3. The van der Waals surface area contributed by atoms with Gasteiger partial charge in [-0.3, -0.25) is 4.90 Å². The number of piperazine rings is 1. The van der Waals surface area contributed by atoms with E-state index < -0.39 is 17.5 Å². The SMILES string of the molecule is COC(=O)C=CC(=O)OCCN1CCN(C(=O)OC(C)(C)C)CC1. The van der Waals surface area contributed by atoms with Gasteiger partial charge in [-0.15, -0.1) is 0 Å². The van der Waals surface area contributed by atoms with Crippen molar-refractivity contribution in [3.8, 4) is 0 Å². The van der Waals surface area contributed by atoms with E-state index in [-0.39, 0.29) is 12.7 Å². The van der Waals surface area contributed by atoms with Crippen LogP contribution in [0.25, 0.3) is 0 Å². The summed E-state index contributed by atoms with van der Waals surface area (Å²) in [6, 6.07) is 0. The summed E-state index contributed by atoms with van der Waals surface area (Å²) in [6.07, 6.45) is 1.75. The highest BCUT2D eigenvalue weighted by Crippen LogP contribution is 2.11. The Morgan fingerprint density at radius 1 is 1.00 bits per heavy atom. The normalized spacial score (nSPS) is 16.1. The van der Waals surface area contributed by atoms with Crippen LogP contribution in [0.1, 0.15) is 20.8 Å². The third-order valence-corrected chi connectivity index (χ3v) is 3.23. The van der Waals surface area contributed by atoms with E-state index in [9.17, 15) is 14.4 Å². The Morgan fingerprint density at radius 2 is 1.58 bits per heavy atom. The summed E-state index contributed by atoms with van der Waals surface area (Å²) in [6.45, 7) is 8.83. The van der Waals surface area contributed by atoms with E-state index in [1.165, 1.54) is 7.11 Å². The minimum absolute atomic E-state index is 0.219. The molecule has 0 aromatic heterocycles. The standard InChI is InChI=1S/C16H26N2O6/c1-16(2,3)24-15(21)18-9-7-17(8-10-18)11-12-23-14(20)6-5-13(19)22-4/h5-6H,7-12H2,1-4H3. The van der Waals surface area contributed by atoms with Crippen LogP contribution in [0, 0.1) is 0 Å². The molecule has 0 aromatic rings. The molecule has 136 valence electrons.